The van der Waals surface area contributed by atoms with Crippen molar-refractivity contribution >= 4 is 0 Å². The minimum Gasteiger partial charge on any atom is -0.324 e. The second-order valence-corrected chi connectivity index (χ2v) is 6.43. The highest BCUT2D eigenvalue weighted by atomic mass is 15.3. The van der Waals surface area contributed by atoms with Crippen LogP contribution in [-0.2, 0) is 12.1 Å². The van der Waals surface area contributed by atoms with E-state index in [9.17, 15) is 0 Å². The molecule has 1 aromatic rings. The van der Waals surface area contributed by atoms with Gasteiger partial charge in [-0.2, -0.15) is 0 Å². The second-order valence-electron chi connectivity index (χ2n) is 6.43. The number of rotatable bonds is 2. The fourth-order valence-electron chi connectivity index (χ4n) is 2.33. The predicted octanol–water partition coefficient (Wildman–Crippen LogP) is 2.01. The van der Waals surface area contributed by atoms with Crippen LogP contribution >= 0.6 is 0 Å². The van der Waals surface area contributed by atoms with E-state index in [1.54, 1.807) is 0 Å². The fraction of sp³-hybridized carbons (Fsp3) is 0.833. The Morgan fingerprint density at radius 3 is 2.31 bits per heavy atom. The Balaban J connectivity index is 2.44. The standard InChI is InChI=1S/C12H22N4/c1-11(2,3)16-9(7-13)14-15-10(16)8-6-12(8,4)5/h8H,6-7,13H2,1-5H3. The van der Waals surface area contributed by atoms with Gasteiger partial charge in [-0.25, -0.2) is 0 Å². The second kappa shape index (κ2) is 3.29. The number of aromatic nitrogens is 3. The van der Waals surface area contributed by atoms with E-state index in [-0.39, 0.29) is 5.54 Å². The zero-order valence-corrected chi connectivity index (χ0v) is 10.9. The van der Waals surface area contributed by atoms with Crippen LogP contribution in [0.4, 0.5) is 0 Å². The van der Waals surface area contributed by atoms with Crippen LogP contribution in [0.1, 0.15) is 58.6 Å². The molecule has 1 unspecified atom stereocenters. The fourth-order valence-corrected chi connectivity index (χ4v) is 2.33. The summed E-state index contributed by atoms with van der Waals surface area (Å²) in [6.07, 6.45) is 1.20. The topological polar surface area (TPSA) is 56.7 Å². The van der Waals surface area contributed by atoms with Crippen molar-refractivity contribution in [1.82, 2.24) is 14.8 Å². The minimum absolute atomic E-state index is 0.00616. The summed E-state index contributed by atoms with van der Waals surface area (Å²) in [6, 6.07) is 0. The number of hydrogen-bond acceptors (Lipinski definition) is 3. The first-order chi connectivity index (χ1) is 7.27. The molecule has 1 aliphatic carbocycles. The lowest BCUT2D eigenvalue weighted by atomic mass is 10.1. The Labute approximate surface area is 97.2 Å². The summed E-state index contributed by atoms with van der Waals surface area (Å²) in [5, 5.41) is 8.56. The van der Waals surface area contributed by atoms with Crippen molar-refractivity contribution in [2.24, 2.45) is 11.1 Å². The van der Waals surface area contributed by atoms with Crippen LogP contribution < -0.4 is 5.73 Å². The molecule has 0 aliphatic heterocycles. The van der Waals surface area contributed by atoms with Crippen LogP contribution in [0.2, 0.25) is 0 Å². The summed E-state index contributed by atoms with van der Waals surface area (Å²) in [5.74, 6) is 2.54. The molecule has 0 radical (unpaired) electrons. The largest absolute Gasteiger partial charge is 0.324 e. The molecule has 1 heterocycles. The molecule has 1 aliphatic rings. The highest BCUT2D eigenvalue weighted by molar-refractivity contribution is 5.18. The highest BCUT2D eigenvalue weighted by Gasteiger charge is 2.50. The zero-order valence-electron chi connectivity index (χ0n) is 10.9. The van der Waals surface area contributed by atoms with Crippen LogP contribution in [0, 0.1) is 5.41 Å². The van der Waals surface area contributed by atoms with Crippen LogP contribution in [0.25, 0.3) is 0 Å². The van der Waals surface area contributed by atoms with Crippen molar-refractivity contribution in [2.45, 2.75) is 59.0 Å². The first-order valence-electron chi connectivity index (χ1n) is 5.92. The molecule has 2 N–H and O–H groups in total. The van der Waals surface area contributed by atoms with Gasteiger partial charge in [0.1, 0.15) is 11.6 Å². The quantitative estimate of drug-likeness (QED) is 0.832. The Morgan fingerprint density at radius 1 is 1.38 bits per heavy atom. The number of nitrogens with zero attached hydrogens (tertiary/aromatic N) is 3. The van der Waals surface area contributed by atoms with Gasteiger partial charge >= 0.3 is 0 Å². The van der Waals surface area contributed by atoms with Gasteiger partial charge < -0.3 is 10.3 Å². The van der Waals surface area contributed by atoms with E-state index in [0.29, 0.717) is 17.9 Å². The molecular weight excluding hydrogens is 200 g/mol. The molecule has 4 heteroatoms. The first-order valence-corrected chi connectivity index (χ1v) is 5.92. The van der Waals surface area contributed by atoms with Gasteiger partial charge in [-0.05, 0) is 32.6 Å². The van der Waals surface area contributed by atoms with E-state index in [1.165, 1.54) is 6.42 Å². The Kier molecular flexibility index (Phi) is 2.38. The summed E-state index contributed by atoms with van der Waals surface area (Å²) < 4.78 is 2.21. The van der Waals surface area contributed by atoms with E-state index in [1.807, 2.05) is 0 Å². The summed E-state index contributed by atoms with van der Waals surface area (Å²) in [6.45, 7) is 11.5. The molecule has 4 nitrogen and oxygen atoms in total. The molecule has 1 atom stereocenters. The molecule has 0 aromatic carbocycles. The summed E-state index contributed by atoms with van der Waals surface area (Å²) in [7, 11) is 0. The molecule has 0 saturated heterocycles. The van der Waals surface area contributed by atoms with Crippen molar-refractivity contribution in [3.63, 3.8) is 0 Å². The number of hydrogen-bond donors (Lipinski definition) is 1. The van der Waals surface area contributed by atoms with E-state index in [2.05, 4.69) is 49.4 Å². The molecule has 1 fully saturated rings. The van der Waals surface area contributed by atoms with Crippen molar-refractivity contribution in [3.05, 3.63) is 11.6 Å². The smallest absolute Gasteiger partial charge is 0.147 e. The molecule has 16 heavy (non-hydrogen) atoms. The summed E-state index contributed by atoms with van der Waals surface area (Å²) in [4.78, 5) is 0. The van der Waals surface area contributed by atoms with E-state index >= 15 is 0 Å². The van der Waals surface area contributed by atoms with Crippen molar-refractivity contribution in [1.29, 1.82) is 0 Å². The molecule has 2 rings (SSSR count). The van der Waals surface area contributed by atoms with Crippen LogP contribution in [0.5, 0.6) is 0 Å². The molecule has 90 valence electrons. The lowest BCUT2D eigenvalue weighted by Crippen LogP contribution is -2.27. The third-order valence-electron chi connectivity index (χ3n) is 3.43. The van der Waals surface area contributed by atoms with E-state index in [0.717, 1.165) is 11.6 Å². The van der Waals surface area contributed by atoms with Crippen LogP contribution in [0.3, 0.4) is 0 Å². The third-order valence-corrected chi connectivity index (χ3v) is 3.43. The molecular formula is C12H22N4. The Bertz CT molecular complexity index is 398. The van der Waals surface area contributed by atoms with Gasteiger partial charge in [0.25, 0.3) is 0 Å². The summed E-state index contributed by atoms with van der Waals surface area (Å²) >= 11 is 0. The Morgan fingerprint density at radius 2 is 1.94 bits per heavy atom. The van der Waals surface area contributed by atoms with E-state index < -0.39 is 0 Å². The van der Waals surface area contributed by atoms with Gasteiger partial charge in [-0.15, -0.1) is 10.2 Å². The highest BCUT2D eigenvalue weighted by Crippen LogP contribution is 2.58. The average molecular weight is 222 g/mol. The van der Waals surface area contributed by atoms with Gasteiger partial charge in [0.15, 0.2) is 0 Å². The monoisotopic (exact) mass is 222 g/mol. The maximum Gasteiger partial charge on any atom is 0.147 e. The van der Waals surface area contributed by atoms with E-state index in [4.69, 9.17) is 5.73 Å². The Hall–Kier alpha value is -0.900. The van der Waals surface area contributed by atoms with Crippen molar-refractivity contribution in [3.8, 4) is 0 Å². The molecule has 1 aromatic heterocycles. The molecule has 0 spiro atoms. The maximum absolute atomic E-state index is 5.73. The van der Waals surface area contributed by atoms with Crippen molar-refractivity contribution in [2.75, 3.05) is 0 Å². The molecule has 1 saturated carbocycles. The minimum atomic E-state index is 0.00616. The zero-order chi connectivity index (χ0) is 12.1. The van der Waals surface area contributed by atoms with Gasteiger partial charge in [0.05, 0.1) is 6.54 Å². The third kappa shape index (κ3) is 1.75. The first kappa shape index (κ1) is 11.6. The van der Waals surface area contributed by atoms with Crippen LogP contribution in [-0.4, -0.2) is 14.8 Å². The van der Waals surface area contributed by atoms with Crippen LogP contribution in [0.15, 0.2) is 0 Å². The van der Waals surface area contributed by atoms with Gasteiger partial charge in [-0.3, -0.25) is 0 Å². The normalized spacial score (nSPS) is 23.5. The van der Waals surface area contributed by atoms with Gasteiger partial charge in [0, 0.05) is 11.5 Å². The SMILES string of the molecule is CC1(C)CC1c1nnc(CN)n1C(C)(C)C. The summed E-state index contributed by atoms with van der Waals surface area (Å²) in [5.41, 5.74) is 6.11. The average Bonchev–Trinajstić information content (AvgIpc) is 2.63. The lowest BCUT2D eigenvalue weighted by Gasteiger charge is -2.25. The molecule has 0 amide bonds. The maximum atomic E-state index is 5.73. The van der Waals surface area contributed by atoms with Gasteiger partial charge in [0.2, 0.25) is 0 Å². The lowest BCUT2D eigenvalue weighted by molar-refractivity contribution is 0.365. The predicted molar refractivity (Wildman–Crippen MR) is 64.0 cm³/mol. The molecule has 0 bridgehead atoms. The van der Waals surface area contributed by atoms with Gasteiger partial charge in [-0.1, -0.05) is 13.8 Å². The van der Waals surface area contributed by atoms with Crippen molar-refractivity contribution < 1.29 is 0 Å². The number of nitrogens with two attached hydrogens (primary N) is 1.